The minimum atomic E-state index is 0.575. The van der Waals surface area contributed by atoms with Crippen molar-refractivity contribution in [2.75, 3.05) is 19.8 Å². The number of H-pyrrole nitrogens is 1. The van der Waals surface area contributed by atoms with Crippen LogP contribution in [0.4, 0.5) is 0 Å². The smallest absolute Gasteiger partial charge is 0.162 e. The number of nitrogens with zero attached hydrogens (tertiary/aromatic N) is 1. The van der Waals surface area contributed by atoms with Crippen LogP contribution in [0.1, 0.15) is 25.2 Å². The molecule has 3 aromatic rings. The fourth-order valence-corrected chi connectivity index (χ4v) is 3.02. The third-order valence-corrected chi connectivity index (χ3v) is 4.36. The van der Waals surface area contributed by atoms with Gasteiger partial charge in [0.05, 0.1) is 24.2 Å². The lowest BCUT2D eigenvalue weighted by Gasteiger charge is -2.14. The largest absolute Gasteiger partial charge is 0.490 e. The summed E-state index contributed by atoms with van der Waals surface area (Å²) in [7, 11) is 0. The molecule has 0 aliphatic carbocycles. The molecule has 2 N–H and O–H groups in total. The monoisotopic (exact) mass is 373 g/mol. The van der Waals surface area contributed by atoms with Crippen molar-refractivity contribution >= 4 is 22.6 Å². The van der Waals surface area contributed by atoms with Gasteiger partial charge in [-0.25, -0.2) is 4.98 Å². The lowest BCUT2D eigenvalue weighted by molar-refractivity contribution is 0.287. The van der Waals surface area contributed by atoms with Gasteiger partial charge in [0, 0.05) is 30.6 Å². The lowest BCUT2D eigenvalue weighted by Crippen LogP contribution is -2.17. The van der Waals surface area contributed by atoms with Gasteiger partial charge in [-0.05, 0) is 37.6 Å². The Bertz CT molecular complexity index is 830. The Kier molecular flexibility index (Phi) is 6.36. The zero-order valence-electron chi connectivity index (χ0n) is 15.1. The maximum Gasteiger partial charge on any atom is 0.162 e. The van der Waals surface area contributed by atoms with Crippen LogP contribution >= 0.6 is 11.6 Å². The highest BCUT2D eigenvalue weighted by molar-refractivity contribution is 6.31. The minimum absolute atomic E-state index is 0.575. The fraction of sp³-hybridized carbons (Fsp3) is 0.350. The van der Waals surface area contributed by atoms with Gasteiger partial charge in [0.15, 0.2) is 11.5 Å². The number of rotatable bonds is 9. The predicted molar refractivity (Wildman–Crippen MR) is 105 cm³/mol. The molecule has 0 saturated carbocycles. The van der Waals surface area contributed by atoms with E-state index in [0.717, 1.165) is 41.1 Å². The second-order valence-electron chi connectivity index (χ2n) is 5.88. The average molecular weight is 374 g/mol. The van der Waals surface area contributed by atoms with Gasteiger partial charge in [-0.1, -0.05) is 23.7 Å². The number of halogens is 1. The van der Waals surface area contributed by atoms with Crippen molar-refractivity contribution in [2.24, 2.45) is 0 Å². The van der Waals surface area contributed by atoms with Crippen LogP contribution in [0, 0.1) is 0 Å². The molecule has 2 aromatic carbocycles. The Balaban J connectivity index is 1.59. The van der Waals surface area contributed by atoms with Gasteiger partial charge in [-0.3, -0.25) is 0 Å². The maximum atomic E-state index is 6.39. The average Bonchev–Trinajstić information content (AvgIpc) is 3.05. The zero-order chi connectivity index (χ0) is 18.4. The van der Waals surface area contributed by atoms with Crippen LogP contribution in [0.2, 0.25) is 5.02 Å². The fourth-order valence-electron chi connectivity index (χ4n) is 2.80. The number of imidazole rings is 1. The number of aromatic amines is 1. The van der Waals surface area contributed by atoms with Gasteiger partial charge < -0.3 is 19.8 Å². The molecular formula is C20H24ClN3O2. The van der Waals surface area contributed by atoms with Crippen molar-refractivity contribution in [3.63, 3.8) is 0 Å². The molecule has 0 amide bonds. The second-order valence-corrected chi connectivity index (χ2v) is 6.29. The second kappa shape index (κ2) is 8.92. The third-order valence-electron chi connectivity index (χ3n) is 4.00. The molecule has 0 bridgehead atoms. The van der Waals surface area contributed by atoms with Crippen LogP contribution < -0.4 is 14.8 Å². The Hall–Kier alpha value is -2.24. The molecule has 138 valence electrons. The first-order valence-electron chi connectivity index (χ1n) is 8.93. The van der Waals surface area contributed by atoms with E-state index in [-0.39, 0.29) is 0 Å². The van der Waals surface area contributed by atoms with Gasteiger partial charge in [0.25, 0.3) is 0 Å². The van der Waals surface area contributed by atoms with Crippen molar-refractivity contribution in [1.82, 2.24) is 15.3 Å². The highest BCUT2D eigenvalue weighted by atomic mass is 35.5. The van der Waals surface area contributed by atoms with Crippen LogP contribution in [0.5, 0.6) is 11.5 Å². The number of ether oxygens (including phenoxy) is 2. The van der Waals surface area contributed by atoms with Gasteiger partial charge in [-0.15, -0.1) is 0 Å². The Morgan fingerprint density at radius 3 is 2.54 bits per heavy atom. The number of nitrogens with one attached hydrogen (secondary N) is 2. The standard InChI is InChI=1S/C20H24ClN3O2/c1-3-25-18-11-14(15(21)12-19(18)26-4-2)13-22-10-9-20-23-16-7-5-6-8-17(16)24-20/h5-8,11-12,22H,3-4,9-10,13H2,1-2H3,(H,23,24). The van der Waals surface area contributed by atoms with Crippen LogP contribution in [0.15, 0.2) is 36.4 Å². The van der Waals surface area contributed by atoms with E-state index in [1.165, 1.54) is 0 Å². The summed E-state index contributed by atoms with van der Waals surface area (Å²) in [6.45, 7) is 6.51. The summed E-state index contributed by atoms with van der Waals surface area (Å²) in [5.41, 5.74) is 3.06. The van der Waals surface area contributed by atoms with Gasteiger partial charge in [-0.2, -0.15) is 0 Å². The van der Waals surface area contributed by atoms with Crippen molar-refractivity contribution in [1.29, 1.82) is 0 Å². The van der Waals surface area contributed by atoms with Gasteiger partial charge in [0.2, 0.25) is 0 Å². The summed E-state index contributed by atoms with van der Waals surface area (Å²) < 4.78 is 11.3. The summed E-state index contributed by atoms with van der Waals surface area (Å²) in [4.78, 5) is 7.93. The molecule has 0 saturated heterocycles. The number of para-hydroxylation sites is 2. The molecule has 0 spiro atoms. The molecule has 0 radical (unpaired) electrons. The van der Waals surface area contributed by atoms with Crippen molar-refractivity contribution in [3.8, 4) is 11.5 Å². The van der Waals surface area contributed by atoms with Crippen LogP contribution in [-0.2, 0) is 13.0 Å². The first-order chi connectivity index (χ1) is 12.7. The topological polar surface area (TPSA) is 59.2 Å². The van der Waals surface area contributed by atoms with Gasteiger partial charge >= 0.3 is 0 Å². The van der Waals surface area contributed by atoms with Crippen molar-refractivity contribution in [3.05, 3.63) is 52.8 Å². The summed E-state index contributed by atoms with van der Waals surface area (Å²) in [5.74, 6) is 2.39. The van der Waals surface area contributed by atoms with Crippen molar-refractivity contribution in [2.45, 2.75) is 26.8 Å². The number of aromatic nitrogens is 2. The van der Waals surface area contributed by atoms with Crippen molar-refractivity contribution < 1.29 is 9.47 Å². The number of hydrogen-bond acceptors (Lipinski definition) is 4. The quantitative estimate of drug-likeness (QED) is 0.547. The summed E-state index contributed by atoms with van der Waals surface area (Å²) >= 11 is 6.39. The molecule has 0 atom stereocenters. The van der Waals surface area contributed by atoms with E-state index < -0.39 is 0 Å². The Morgan fingerprint density at radius 2 is 1.81 bits per heavy atom. The minimum Gasteiger partial charge on any atom is -0.490 e. The molecule has 0 unspecified atom stereocenters. The molecular weight excluding hydrogens is 350 g/mol. The van der Waals surface area contributed by atoms with E-state index in [0.29, 0.717) is 30.5 Å². The normalized spacial score (nSPS) is 11.0. The molecule has 0 aliphatic heterocycles. The molecule has 6 heteroatoms. The molecule has 26 heavy (non-hydrogen) atoms. The van der Waals surface area contributed by atoms with Crippen LogP contribution in [0.25, 0.3) is 11.0 Å². The first-order valence-corrected chi connectivity index (χ1v) is 9.31. The van der Waals surface area contributed by atoms with Crippen LogP contribution in [-0.4, -0.2) is 29.7 Å². The van der Waals surface area contributed by atoms with E-state index in [4.69, 9.17) is 21.1 Å². The predicted octanol–water partition coefficient (Wildman–Crippen LogP) is 4.35. The summed E-state index contributed by atoms with van der Waals surface area (Å²) in [6.07, 6.45) is 0.821. The molecule has 5 nitrogen and oxygen atoms in total. The molecule has 3 rings (SSSR count). The maximum absolute atomic E-state index is 6.39. The van der Waals surface area contributed by atoms with E-state index in [9.17, 15) is 0 Å². The Labute approximate surface area is 158 Å². The number of hydrogen-bond donors (Lipinski definition) is 2. The first kappa shape index (κ1) is 18.5. The van der Waals surface area contributed by atoms with E-state index in [1.54, 1.807) is 0 Å². The van der Waals surface area contributed by atoms with Crippen LogP contribution in [0.3, 0.4) is 0 Å². The van der Waals surface area contributed by atoms with E-state index in [2.05, 4.69) is 15.3 Å². The molecule has 0 fully saturated rings. The number of fused-ring (bicyclic) bond motifs is 1. The molecule has 0 aliphatic rings. The summed E-state index contributed by atoms with van der Waals surface area (Å²) in [6, 6.07) is 11.8. The molecule has 1 heterocycles. The van der Waals surface area contributed by atoms with Gasteiger partial charge in [0.1, 0.15) is 5.82 Å². The molecule has 1 aromatic heterocycles. The van der Waals surface area contributed by atoms with E-state index >= 15 is 0 Å². The number of benzene rings is 2. The summed E-state index contributed by atoms with van der Waals surface area (Å²) in [5, 5.41) is 4.09. The van der Waals surface area contributed by atoms with E-state index in [1.807, 2.05) is 50.2 Å². The highest BCUT2D eigenvalue weighted by Gasteiger charge is 2.11. The highest BCUT2D eigenvalue weighted by Crippen LogP contribution is 2.33. The SMILES string of the molecule is CCOc1cc(Cl)c(CNCCc2nc3ccccc3[nH]2)cc1OCC. The Morgan fingerprint density at radius 1 is 1.08 bits per heavy atom. The lowest BCUT2D eigenvalue weighted by atomic mass is 10.2. The third kappa shape index (κ3) is 4.48. The zero-order valence-corrected chi connectivity index (χ0v) is 15.9.